The van der Waals surface area contributed by atoms with Crippen LogP contribution in [0.3, 0.4) is 0 Å². The van der Waals surface area contributed by atoms with Gasteiger partial charge in [-0.1, -0.05) is 42.3 Å². The summed E-state index contributed by atoms with van der Waals surface area (Å²) in [5, 5.41) is 10.9. The zero-order chi connectivity index (χ0) is 19.8. The average Bonchev–Trinajstić information content (AvgIpc) is 3.12. The van der Waals surface area contributed by atoms with Crippen LogP contribution in [-0.4, -0.2) is 23.1 Å². The Hall–Kier alpha value is -2.63. The van der Waals surface area contributed by atoms with Gasteiger partial charge in [0.2, 0.25) is 0 Å². The highest BCUT2D eigenvalue weighted by atomic mass is 35.5. The molecule has 2 atom stereocenters. The quantitative estimate of drug-likeness (QED) is 0.713. The van der Waals surface area contributed by atoms with Crippen LogP contribution in [0.1, 0.15) is 41.6 Å². The molecule has 3 N–H and O–H groups in total. The summed E-state index contributed by atoms with van der Waals surface area (Å²) in [6.45, 7) is 0. The van der Waals surface area contributed by atoms with E-state index in [0.717, 1.165) is 19.3 Å². The number of rotatable bonds is 4. The molecule has 29 heavy (non-hydrogen) atoms. The molecule has 2 fully saturated rings. The molecule has 1 aromatic heterocycles. The Bertz CT molecular complexity index is 994. The fourth-order valence-corrected chi connectivity index (χ4v) is 4.72. The molecule has 0 radical (unpaired) electrons. The number of aromatic nitrogens is 1. The van der Waals surface area contributed by atoms with Gasteiger partial charge >= 0.3 is 0 Å². The van der Waals surface area contributed by atoms with E-state index in [4.69, 9.17) is 11.6 Å². The lowest BCUT2D eigenvalue weighted by Gasteiger charge is -2.46. The van der Waals surface area contributed by atoms with Crippen LogP contribution in [0.5, 0.6) is 0 Å². The number of nitrogens with one attached hydrogen (secondary N) is 3. The third-order valence-corrected chi connectivity index (χ3v) is 6.54. The maximum Gasteiger partial charge on any atom is 0.256 e. The van der Waals surface area contributed by atoms with E-state index >= 15 is 0 Å². The van der Waals surface area contributed by atoms with Crippen LogP contribution in [0.4, 0.5) is 5.82 Å². The second-order valence-electron chi connectivity index (χ2n) is 7.99. The van der Waals surface area contributed by atoms with Crippen molar-refractivity contribution >= 4 is 23.3 Å². The Labute approximate surface area is 175 Å². The number of hydrogen-bond donors (Lipinski definition) is 3. The number of anilines is 1. The van der Waals surface area contributed by atoms with E-state index in [-0.39, 0.29) is 17.5 Å². The van der Waals surface area contributed by atoms with E-state index < -0.39 is 0 Å². The van der Waals surface area contributed by atoms with Crippen LogP contribution in [-0.2, 0) is 5.41 Å². The number of benzene rings is 1. The van der Waals surface area contributed by atoms with Gasteiger partial charge in [-0.3, -0.25) is 10.1 Å². The molecule has 0 spiro atoms. The molecule has 2 aromatic rings. The summed E-state index contributed by atoms with van der Waals surface area (Å²) in [5.41, 5.74) is 3.05. The molecule has 1 aliphatic heterocycles. The minimum absolute atomic E-state index is 0.0423. The van der Waals surface area contributed by atoms with E-state index in [1.807, 2.05) is 12.3 Å². The molecule has 5 rings (SSSR count). The van der Waals surface area contributed by atoms with E-state index in [9.17, 15) is 4.79 Å². The van der Waals surface area contributed by atoms with Gasteiger partial charge in [-0.2, -0.15) is 0 Å². The van der Waals surface area contributed by atoms with Crippen molar-refractivity contribution in [1.29, 1.82) is 0 Å². The summed E-state index contributed by atoms with van der Waals surface area (Å²) >= 11 is 5.98. The normalized spacial score (nSPS) is 24.1. The molecule has 148 valence electrons. The highest BCUT2D eigenvalue weighted by molar-refractivity contribution is 6.31. The van der Waals surface area contributed by atoms with Gasteiger partial charge in [-0.15, -0.1) is 0 Å². The minimum Gasteiger partial charge on any atom is -0.371 e. The number of amides is 1. The largest absolute Gasteiger partial charge is 0.371 e. The van der Waals surface area contributed by atoms with Gasteiger partial charge in [-0.25, -0.2) is 4.98 Å². The molecular weight excluding hydrogens is 384 g/mol. The molecule has 0 bridgehead atoms. The lowest BCUT2D eigenvalue weighted by atomic mass is 9.62. The molecule has 1 amide bonds. The number of carbonyl (C=O) groups excluding carboxylic acids is 1. The van der Waals surface area contributed by atoms with Crippen molar-refractivity contribution in [1.82, 2.24) is 15.6 Å². The summed E-state index contributed by atoms with van der Waals surface area (Å²) < 4.78 is 0. The Morgan fingerprint density at radius 2 is 2.14 bits per heavy atom. The second-order valence-corrected chi connectivity index (χ2v) is 8.43. The highest BCUT2D eigenvalue weighted by Crippen LogP contribution is 2.47. The van der Waals surface area contributed by atoms with Crippen LogP contribution in [0.2, 0.25) is 5.02 Å². The number of halogens is 1. The van der Waals surface area contributed by atoms with Crippen molar-refractivity contribution in [2.75, 3.05) is 5.32 Å². The highest BCUT2D eigenvalue weighted by Gasteiger charge is 2.49. The Balaban J connectivity index is 1.32. The van der Waals surface area contributed by atoms with Crippen LogP contribution in [0.15, 0.2) is 66.5 Å². The standard InChI is InChI=1S/C23H23ClN4O/c24-17-6-3-5-15(13-17)21(29)28-20-10-9-16(14-25-20)23(11-4-12-23)22-26-18-7-1-2-8-19(18)27-22/h1-3,5-7,9-10,13-14,19,22,26-27H,4,8,11-12H2,(H,25,28,29). The van der Waals surface area contributed by atoms with Crippen LogP contribution >= 0.6 is 11.6 Å². The predicted molar refractivity (Wildman–Crippen MR) is 115 cm³/mol. The van der Waals surface area contributed by atoms with Gasteiger partial charge < -0.3 is 10.6 Å². The number of carbonyl (C=O) groups is 1. The summed E-state index contributed by atoms with van der Waals surface area (Å²) in [4.78, 5) is 17.0. The smallest absolute Gasteiger partial charge is 0.256 e. The molecule has 2 unspecified atom stereocenters. The fourth-order valence-electron chi connectivity index (χ4n) is 4.53. The van der Waals surface area contributed by atoms with Gasteiger partial charge in [0.05, 0.1) is 12.2 Å². The van der Waals surface area contributed by atoms with Crippen molar-refractivity contribution in [3.8, 4) is 0 Å². The van der Waals surface area contributed by atoms with Crippen molar-refractivity contribution < 1.29 is 4.79 Å². The molecule has 5 nitrogen and oxygen atoms in total. The van der Waals surface area contributed by atoms with Crippen LogP contribution in [0, 0.1) is 0 Å². The molecule has 3 aliphatic rings. The number of pyridine rings is 1. The van der Waals surface area contributed by atoms with Crippen molar-refractivity contribution in [3.63, 3.8) is 0 Å². The fraction of sp³-hybridized carbons (Fsp3) is 0.304. The Morgan fingerprint density at radius 3 is 2.83 bits per heavy atom. The minimum atomic E-state index is -0.214. The summed E-state index contributed by atoms with van der Waals surface area (Å²) in [6.07, 6.45) is 13.1. The number of allylic oxidation sites excluding steroid dienone is 2. The number of nitrogens with zero attached hydrogens (tertiary/aromatic N) is 1. The van der Waals surface area contributed by atoms with Crippen molar-refractivity contribution in [2.45, 2.75) is 43.3 Å². The van der Waals surface area contributed by atoms with E-state index in [1.54, 1.807) is 24.3 Å². The number of hydrogen-bond acceptors (Lipinski definition) is 4. The monoisotopic (exact) mass is 406 g/mol. The summed E-state index contributed by atoms with van der Waals surface area (Å²) in [6, 6.07) is 11.3. The maximum absolute atomic E-state index is 12.4. The third-order valence-electron chi connectivity index (χ3n) is 6.30. The molecule has 1 saturated carbocycles. The lowest BCUT2D eigenvalue weighted by Crippen LogP contribution is -2.55. The zero-order valence-corrected chi connectivity index (χ0v) is 16.7. The Kier molecular flexibility index (Phi) is 4.64. The second kappa shape index (κ2) is 7.32. The average molecular weight is 407 g/mol. The van der Waals surface area contributed by atoms with Crippen LogP contribution in [0.25, 0.3) is 0 Å². The van der Waals surface area contributed by atoms with E-state index in [0.29, 0.717) is 22.4 Å². The maximum atomic E-state index is 12.4. The van der Waals surface area contributed by atoms with Crippen LogP contribution < -0.4 is 16.0 Å². The van der Waals surface area contributed by atoms with Gasteiger partial charge in [0, 0.05) is 27.9 Å². The first-order chi connectivity index (χ1) is 14.1. The van der Waals surface area contributed by atoms with Gasteiger partial charge in [0.25, 0.3) is 5.91 Å². The van der Waals surface area contributed by atoms with E-state index in [2.05, 4.69) is 45.2 Å². The van der Waals surface area contributed by atoms with Gasteiger partial charge in [0.15, 0.2) is 0 Å². The van der Waals surface area contributed by atoms with Crippen molar-refractivity contribution in [2.24, 2.45) is 0 Å². The van der Waals surface area contributed by atoms with Gasteiger partial charge in [0.1, 0.15) is 5.82 Å². The summed E-state index contributed by atoms with van der Waals surface area (Å²) in [5.74, 6) is 0.329. The first kappa shape index (κ1) is 18.4. The topological polar surface area (TPSA) is 66.1 Å². The molecule has 1 saturated heterocycles. The van der Waals surface area contributed by atoms with Crippen molar-refractivity contribution in [3.05, 3.63) is 82.7 Å². The Morgan fingerprint density at radius 1 is 1.24 bits per heavy atom. The molecule has 2 aliphatic carbocycles. The molecule has 1 aromatic carbocycles. The number of fused-ring (bicyclic) bond motifs is 1. The molecular formula is C23H23ClN4O. The first-order valence-corrected chi connectivity index (χ1v) is 10.4. The predicted octanol–water partition coefficient (Wildman–Crippen LogP) is 4.14. The molecule has 2 heterocycles. The zero-order valence-electron chi connectivity index (χ0n) is 16.0. The third kappa shape index (κ3) is 3.34. The first-order valence-electron chi connectivity index (χ1n) is 10.1. The van der Waals surface area contributed by atoms with E-state index in [1.165, 1.54) is 17.7 Å². The summed E-state index contributed by atoms with van der Waals surface area (Å²) in [7, 11) is 0. The lowest BCUT2D eigenvalue weighted by molar-refractivity contribution is 0.102. The SMILES string of the molecule is O=C(Nc1ccc(C2(C3NC4=CC=CCC4N3)CCC2)cn1)c1cccc(Cl)c1. The van der Waals surface area contributed by atoms with Gasteiger partial charge in [-0.05, 0) is 55.2 Å². The molecule has 6 heteroatoms.